The molecule has 6 nitrogen and oxygen atoms in total. The van der Waals surface area contributed by atoms with E-state index in [0.29, 0.717) is 12.4 Å². The van der Waals surface area contributed by atoms with Gasteiger partial charge >= 0.3 is 0 Å². The highest BCUT2D eigenvalue weighted by Gasteiger charge is 2.27. The van der Waals surface area contributed by atoms with Crippen LogP contribution in [0.15, 0.2) is 84.0 Å². The summed E-state index contributed by atoms with van der Waals surface area (Å²) in [5.74, 6) is 4.58. The van der Waals surface area contributed by atoms with Crippen LogP contribution in [0.3, 0.4) is 0 Å². The lowest BCUT2D eigenvalue weighted by molar-refractivity contribution is 0.0825. The smallest absolute Gasteiger partial charge is 0.192 e. The topological polar surface area (TPSA) is 58.4 Å². The molecule has 3 aromatic carbocycles. The molecular weight excluding hydrogens is 410 g/mol. The maximum atomic E-state index is 6.08. The van der Waals surface area contributed by atoms with Crippen molar-refractivity contribution in [1.82, 2.24) is 14.8 Å². The predicted octanol–water partition coefficient (Wildman–Crippen LogP) is 5.41. The number of hydrogen-bond acceptors (Lipinski definition) is 6. The Kier molecular flexibility index (Phi) is 5.50. The Bertz CT molecular complexity index is 1180. The van der Waals surface area contributed by atoms with E-state index in [0.717, 1.165) is 39.5 Å². The molecule has 0 aliphatic carbocycles. The van der Waals surface area contributed by atoms with E-state index < -0.39 is 0 Å². The van der Waals surface area contributed by atoms with Crippen LogP contribution in [-0.4, -0.2) is 21.4 Å². The fourth-order valence-electron chi connectivity index (χ4n) is 3.36. The van der Waals surface area contributed by atoms with Crippen LogP contribution in [0.5, 0.6) is 23.0 Å². The second kappa shape index (κ2) is 8.73. The molecule has 2 heterocycles. The van der Waals surface area contributed by atoms with Gasteiger partial charge in [0.25, 0.3) is 0 Å². The summed E-state index contributed by atoms with van der Waals surface area (Å²) < 4.78 is 19.9. The van der Waals surface area contributed by atoms with Crippen LogP contribution in [0.25, 0.3) is 0 Å². The van der Waals surface area contributed by atoms with Crippen LogP contribution < -0.4 is 14.2 Å². The minimum atomic E-state index is -0.296. The van der Waals surface area contributed by atoms with E-state index in [1.165, 1.54) is 0 Å². The third-order valence-electron chi connectivity index (χ3n) is 4.97. The first-order valence-electron chi connectivity index (χ1n) is 9.99. The molecule has 1 aliphatic rings. The summed E-state index contributed by atoms with van der Waals surface area (Å²) in [5, 5.41) is 9.56. The molecule has 0 fully saturated rings. The summed E-state index contributed by atoms with van der Waals surface area (Å²) in [6.07, 6.45) is -0.296. The molecule has 1 atom stereocenters. The number of nitrogens with zero attached hydrogens (tertiary/aromatic N) is 3. The van der Waals surface area contributed by atoms with E-state index >= 15 is 0 Å². The number of hydrogen-bond donors (Lipinski definition) is 0. The second-order valence-electron chi connectivity index (χ2n) is 7.08. The molecule has 1 unspecified atom stereocenters. The van der Waals surface area contributed by atoms with Crippen molar-refractivity contribution in [3.05, 3.63) is 90.3 Å². The van der Waals surface area contributed by atoms with Gasteiger partial charge in [0.05, 0.1) is 0 Å². The first-order chi connectivity index (χ1) is 15.3. The third kappa shape index (κ3) is 4.22. The lowest BCUT2D eigenvalue weighted by atomic mass is 10.2. The lowest BCUT2D eigenvalue weighted by Crippen LogP contribution is -2.24. The molecule has 4 aromatic rings. The van der Waals surface area contributed by atoms with Crippen LogP contribution in [-0.2, 0) is 12.8 Å². The molecule has 0 saturated heterocycles. The molecule has 0 radical (unpaired) electrons. The van der Waals surface area contributed by atoms with Gasteiger partial charge < -0.3 is 18.8 Å². The zero-order valence-electron chi connectivity index (χ0n) is 17.0. The van der Waals surface area contributed by atoms with Gasteiger partial charge in [-0.25, -0.2) is 0 Å². The minimum Gasteiger partial charge on any atom is -0.485 e. The maximum Gasteiger partial charge on any atom is 0.192 e. The summed E-state index contributed by atoms with van der Waals surface area (Å²) >= 11 is 1.61. The Hall–Kier alpha value is -3.45. The van der Waals surface area contributed by atoms with Gasteiger partial charge in [0.1, 0.15) is 18.1 Å². The molecule has 0 amide bonds. The molecule has 0 saturated carbocycles. The van der Waals surface area contributed by atoms with E-state index in [1.807, 2.05) is 84.4 Å². The lowest BCUT2D eigenvalue weighted by Gasteiger charge is -2.25. The third-order valence-corrected chi connectivity index (χ3v) is 6.03. The van der Waals surface area contributed by atoms with Crippen molar-refractivity contribution in [2.75, 3.05) is 6.61 Å². The standard InChI is InChI=1S/C24H21N3O3S/c1-27-23(22-15-28-20-13-7-8-14-21(20)30-22)25-26-24(27)31-16-17-9-5-6-12-19(17)29-18-10-3-2-4-11-18/h2-14,22H,15-16H2,1H3. The number of thioether (sulfide) groups is 1. The monoisotopic (exact) mass is 431 g/mol. The normalized spacial score (nSPS) is 14.9. The van der Waals surface area contributed by atoms with Gasteiger partial charge in [-0.2, -0.15) is 0 Å². The summed E-state index contributed by atoms with van der Waals surface area (Å²) in [5.41, 5.74) is 1.09. The molecule has 1 aliphatic heterocycles. The number of rotatable bonds is 6. The van der Waals surface area contributed by atoms with Gasteiger partial charge in [-0.1, -0.05) is 60.3 Å². The van der Waals surface area contributed by atoms with E-state index in [4.69, 9.17) is 14.2 Å². The molecule has 31 heavy (non-hydrogen) atoms. The highest BCUT2D eigenvalue weighted by molar-refractivity contribution is 7.98. The zero-order valence-corrected chi connectivity index (χ0v) is 17.8. The first kappa shape index (κ1) is 19.5. The van der Waals surface area contributed by atoms with Crippen molar-refractivity contribution >= 4 is 11.8 Å². The van der Waals surface area contributed by atoms with Gasteiger partial charge in [0.15, 0.2) is 28.6 Å². The highest BCUT2D eigenvalue weighted by atomic mass is 32.2. The maximum absolute atomic E-state index is 6.08. The number of aromatic nitrogens is 3. The number of para-hydroxylation sites is 4. The highest BCUT2D eigenvalue weighted by Crippen LogP contribution is 2.36. The summed E-state index contributed by atoms with van der Waals surface area (Å²) in [4.78, 5) is 0. The first-order valence-corrected chi connectivity index (χ1v) is 11.0. The number of ether oxygens (including phenoxy) is 3. The van der Waals surface area contributed by atoms with E-state index in [2.05, 4.69) is 16.3 Å². The van der Waals surface area contributed by atoms with Crippen molar-refractivity contribution in [3.8, 4) is 23.0 Å². The molecule has 0 spiro atoms. The molecule has 7 heteroatoms. The predicted molar refractivity (Wildman–Crippen MR) is 119 cm³/mol. The molecule has 1 aromatic heterocycles. The Morgan fingerprint density at radius 3 is 2.55 bits per heavy atom. The average Bonchev–Trinajstić information content (AvgIpc) is 3.19. The fraction of sp³-hybridized carbons (Fsp3) is 0.167. The second-order valence-corrected chi connectivity index (χ2v) is 8.02. The van der Waals surface area contributed by atoms with Crippen molar-refractivity contribution in [2.45, 2.75) is 17.0 Å². The van der Waals surface area contributed by atoms with Gasteiger partial charge in [0.2, 0.25) is 0 Å². The fourth-order valence-corrected chi connectivity index (χ4v) is 4.27. The minimum absolute atomic E-state index is 0.296. The van der Waals surface area contributed by atoms with E-state index in [9.17, 15) is 0 Å². The van der Waals surface area contributed by atoms with Gasteiger partial charge in [0, 0.05) is 18.4 Å². The Balaban J connectivity index is 1.29. The zero-order chi connectivity index (χ0) is 21.0. The van der Waals surface area contributed by atoms with Gasteiger partial charge in [-0.05, 0) is 30.3 Å². The molecular formula is C24H21N3O3S. The molecule has 5 rings (SSSR count). The molecule has 156 valence electrons. The number of benzene rings is 3. The Morgan fingerprint density at radius 1 is 0.935 bits per heavy atom. The van der Waals surface area contributed by atoms with Crippen LogP contribution in [0.1, 0.15) is 17.5 Å². The average molecular weight is 432 g/mol. The van der Waals surface area contributed by atoms with Gasteiger partial charge in [-0.15, -0.1) is 10.2 Å². The van der Waals surface area contributed by atoms with Crippen molar-refractivity contribution in [3.63, 3.8) is 0 Å². The van der Waals surface area contributed by atoms with Crippen LogP contribution in [0.4, 0.5) is 0 Å². The number of fused-ring (bicyclic) bond motifs is 1. The van der Waals surface area contributed by atoms with Crippen LogP contribution >= 0.6 is 11.8 Å². The van der Waals surface area contributed by atoms with E-state index in [1.54, 1.807) is 11.8 Å². The quantitative estimate of drug-likeness (QED) is 0.380. The van der Waals surface area contributed by atoms with Gasteiger partial charge in [-0.3, -0.25) is 0 Å². The largest absolute Gasteiger partial charge is 0.485 e. The molecule has 0 bridgehead atoms. The Morgan fingerprint density at radius 2 is 1.68 bits per heavy atom. The van der Waals surface area contributed by atoms with Crippen molar-refractivity contribution < 1.29 is 14.2 Å². The van der Waals surface area contributed by atoms with Crippen LogP contribution in [0, 0.1) is 0 Å². The molecule has 0 N–H and O–H groups in total. The summed E-state index contributed by atoms with van der Waals surface area (Å²) in [7, 11) is 1.95. The van der Waals surface area contributed by atoms with Crippen LogP contribution in [0.2, 0.25) is 0 Å². The SMILES string of the molecule is Cn1c(SCc2ccccc2Oc2ccccc2)nnc1C1COc2ccccc2O1. The van der Waals surface area contributed by atoms with Crippen molar-refractivity contribution in [1.29, 1.82) is 0 Å². The Labute approximate surface area is 184 Å². The summed E-state index contributed by atoms with van der Waals surface area (Å²) in [6.45, 7) is 0.404. The van der Waals surface area contributed by atoms with E-state index in [-0.39, 0.29) is 6.10 Å². The summed E-state index contributed by atoms with van der Waals surface area (Å²) in [6, 6.07) is 25.5. The van der Waals surface area contributed by atoms with Crippen molar-refractivity contribution in [2.24, 2.45) is 7.05 Å².